The average Bonchev–Trinajstić information content (AvgIpc) is 2.57. The summed E-state index contributed by atoms with van der Waals surface area (Å²) in [6.45, 7) is 3.41. The van der Waals surface area contributed by atoms with Crippen LogP contribution >= 0.6 is 0 Å². The van der Waals surface area contributed by atoms with Gasteiger partial charge < -0.3 is 9.67 Å². The maximum atomic E-state index is 11.2. The van der Waals surface area contributed by atoms with Gasteiger partial charge in [0, 0.05) is 24.8 Å². The normalized spacial score (nSPS) is 11.9. The van der Waals surface area contributed by atoms with Crippen molar-refractivity contribution < 1.29 is 9.90 Å². The lowest BCUT2D eigenvalue weighted by Crippen LogP contribution is -2.28. The van der Waals surface area contributed by atoms with Crippen molar-refractivity contribution >= 4 is 17.0 Å². The fourth-order valence-electron chi connectivity index (χ4n) is 1.83. The molecule has 0 aromatic carbocycles. The van der Waals surface area contributed by atoms with Crippen molar-refractivity contribution in [1.82, 2.24) is 9.55 Å². The number of carboxylic acids is 1. The van der Waals surface area contributed by atoms with Crippen LogP contribution in [0.2, 0.25) is 0 Å². The predicted octanol–water partition coefficient (Wildman–Crippen LogP) is 1.94. The highest BCUT2D eigenvalue weighted by molar-refractivity contribution is 5.90. The van der Waals surface area contributed by atoms with Gasteiger partial charge in [0.25, 0.3) is 0 Å². The minimum absolute atomic E-state index is 0.797. The lowest BCUT2D eigenvalue weighted by molar-refractivity contribution is -0.142. The first-order valence-corrected chi connectivity index (χ1v) is 5.08. The lowest BCUT2D eigenvalue weighted by atomic mass is 9.85. The van der Waals surface area contributed by atoms with Crippen molar-refractivity contribution in [3.63, 3.8) is 0 Å². The van der Waals surface area contributed by atoms with Gasteiger partial charge in [-0.25, -0.2) is 4.98 Å². The molecule has 4 nitrogen and oxygen atoms in total. The van der Waals surface area contributed by atoms with Crippen LogP contribution in [-0.2, 0) is 17.3 Å². The van der Waals surface area contributed by atoms with E-state index in [2.05, 4.69) is 4.98 Å². The smallest absolute Gasteiger partial charge is 0.313 e. The van der Waals surface area contributed by atoms with Crippen LogP contribution < -0.4 is 0 Å². The van der Waals surface area contributed by atoms with Crippen molar-refractivity contribution in [2.24, 2.45) is 7.05 Å². The van der Waals surface area contributed by atoms with Gasteiger partial charge in [-0.05, 0) is 31.5 Å². The maximum Gasteiger partial charge on any atom is 0.313 e. The quantitative estimate of drug-likeness (QED) is 0.838. The van der Waals surface area contributed by atoms with E-state index in [0.29, 0.717) is 0 Å². The van der Waals surface area contributed by atoms with Crippen LogP contribution in [-0.4, -0.2) is 20.6 Å². The molecule has 2 heterocycles. The van der Waals surface area contributed by atoms with Gasteiger partial charge in [0.2, 0.25) is 0 Å². The van der Waals surface area contributed by atoms with Gasteiger partial charge >= 0.3 is 5.97 Å². The van der Waals surface area contributed by atoms with Gasteiger partial charge in [-0.3, -0.25) is 4.79 Å². The number of hydrogen-bond acceptors (Lipinski definition) is 2. The summed E-state index contributed by atoms with van der Waals surface area (Å²) in [7, 11) is 1.87. The Morgan fingerprint density at radius 1 is 1.50 bits per heavy atom. The van der Waals surface area contributed by atoms with Gasteiger partial charge in [-0.1, -0.05) is 0 Å². The number of aromatic nitrogens is 2. The van der Waals surface area contributed by atoms with Gasteiger partial charge in [0.05, 0.1) is 5.41 Å². The van der Waals surface area contributed by atoms with Crippen molar-refractivity contribution in [3.05, 3.63) is 30.1 Å². The van der Waals surface area contributed by atoms with E-state index in [1.165, 1.54) is 0 Å². The Kier molecular flexibility index (Phi) is 2.22. The van der Waals surface area contributed by atoms with Gasteiger partial charge in [-0.2, -0.15) is 0 Å². The van der Waals surface area contributed by atoms with Crippen LogP contribution in [0.15, 0.2) is 24.5 Å². The van der Waals surface area contributed by atoms with Crippen LogP contribution in [0.5, 0.6) is 0 Å². The molecule has 0 aliphatic heterocycles. The Morgan fingerprint density at radius 3 is 2.81 bits per heavy atom. The summed E-state index contributed by atoms with van der Waals surface area (Å²) < 4.78 is 1.86. The summed E-state index contributed by atoms with van der Waals surface area (Å²) in [4.78, 5) is 15.5. The Bertz CT molecular complexity index is 555. The Hall–Kier alpha value is -1.84. The molecule has 2 aromatic rings. The molecule has 4 heteroatoms. The molecule has 1 N–H and O–H groups in total. The highest BCUT2D eigenvalue weighted by Gasteiger charge is 2.32. The van der Waals surface area contributed by atoms with Crippen molar-refractivity contribution in [2.45, 2.75) is 19.3 Å². The monoisotopic (exact) mass is 218 g/mol. The van der Waals surface area contributed by atoms with Gasteiger partial charge in [0.1, 0.15) is 5.65 Å². The second-order valence-corrected chi connectivity index (χ2v) is 4.46. The van der Waals surface area contributed by atoms with Crippen LogP contribution in [0.3, 0.4) is 0 Å². The molecule has 0 unspecified atom stereocenters. The Morgan fingerprint density at radius 2 is 2.19 bits per heavy atom. The maximum absolute atomic E-state index is 11.2. The summed E-state index contributed by atoms with van der Waals surface area (Å²) in [5.74, 6) is -0.830. The van der Waals surface area contributed by atoms with Gasteiger partial charge in [0.15, 0.2) is 0 Å². The standard InChI is InChI=1S/C12H14N2O2/c1-12(2,11(15)16)9-7-14(3)10-8(9)5-4-6-13-10/h4-7H,1-3H3,(H,15,16). The van der Waals surface area contributed by atoms with Crippen molar-refractivity contribution in [3.8, 4) is 0 Å². The van der Waals surface area contributed by atoms with E-state index in [1.54, 1.807) is 20.0 Å². The van der Waals surface area contributed by atoms with E-state index < -0.39 is 11.4 Å². The Labute approximate surface area is 93.5 Å². The SMILES string of the molecule is Cn1cc(C(C)(C)C(=O)O)c2cccnc21. The van der Waals surface area contributed by atoms with E-state index >= 15 is 0 Å². The molecule has 0 spiro atoms. The van der Waals surface area contributed by atoms with Crippen LogP contribution in [0.4, 0.5) is 0 Å². The number of nitrogens with zero attached hydrogens (tertiary/aromatic N) is 2. The van der Waals surface area contributed by atoms with E-state index in [4.69, 9.17) is 0 Å². The first-order valence-electron chi connectivity index (χ1n) is 5.08. The number of pyridine rings is 1. The summed E-state index contributed by atoms with van der Waals surface area (Å²) in [6, 6.07) is 3.73. The number of rotatable bonds is 2. The molecule has 0 aliphatic carbocycles. The highest BCUT2D eigenvalue weighted by atomic mass is 16.4. The molecule has 84 valence electrons. The number of aliphatic carboxylic acids is 1. The second-order valence-electron chi connectivity index (χ2n) is 4.46. The molecule has 0 amide bonds. The number of carbonyl (C=O) groups is 1. The molecule has 0 saturated carbocycles. The third-order valence-electron chi connectivity index (χ3n) is 2.94. The zero-order chi connectivity index (χ0) is 11.9. The summed E-state index contributed by atoms with van der Waals surface area (Å²) in [5, 5.41) is 10.1. The fourth-order valence-corrected chi connectivity index (χ4v) is 1.83. The fraction of sp³-hybridized carbons (Fsp3) is 0.333. The zero-order valence-corrected chi connectivity index (χ0v) is 9.56. The number of carboxylic acid groups (broad SMARTS) is 1. The molecular weight excluding hydrogens is 204 g/mol. The van der Waals surface area contributed by atoms with E-state index in [0.717, 1.165) is 16.6 Å². The van der Waals surface area contributed by atoms with E-state index in [-0.39, 0.29) is 0 Å². The molecule has 0 saturated heterocycles. The van der Waals surface area contributed by atoms with Crippen molar-refractivity contribution in [2.75, 3.05) is 0 Å². The average molecular weight is 218 g/mol. The molecule has 0 radical (unpaired) electrons. The first kappa shape index (κ1) is 10.7. The van der Waals surface area contributed by atoms with E-state index in [9.17, 15) is 9.90 Å². The van der Waals surface area contributed by atoms with Crippen molar-refractivity contribution in [1.29, 1.82) is 0 Å². The molecule has 2 aromatic heterocycles. The highest BCUT2D eigenvalue weighted by Crippen LogP contribution is 2.30. The molecule has 0 aliphatic rings. The summed E-state index contributed by atoms with van der Waals surface area (Å²) in [5.41, 5.74) is 0.708. The molecular formula is C12H14N2O2. The van der Waals surface area contributed by atoms with Crippen LogP contribution in [0, 0.1) is 0 Å². The minimum atomic E-state index is -0.900. The minimum Gasteiger partial charge on any atom is -0.481 e. The predicted molar refractivity (Wildman–Crippen MR) is 61.4 cm³/mol. The number of aryl methyl sites for hydroxylation is 1. The summed E-state index contributed by atoms with van der Waals surface area (Å²) >= 11 is 0. The molecule has 0 atom stereocenters. The lowest BCUT2D eigenvalue weighted by Gasteiger charge is -2.18. The molecule has 0 fully saturated rings. The third kappa shape index (κ3) is 1.38. The number of hydrogen-bond donors (Lipinski definition) is 1. The van der Waals surface area contributed by atoms with E-state index in [1.807, 2.05) is 29.9 Å². The third-order valence-corrected chi connectivity index (χ3v) is 2.94. The molecule has 0 bridgehead atoms. The molecule has 2 rings (SSSR count). The first-order chi connectivity index (χ1) is 7.44. The second kappa shape index (κ2) is 3.33. The zero-order valence-electron chi connectivity index (χ0n) is 9.56. The molecule has 16 heavy (non-hydrogen) atoms. The largest absolute Gasteiger partial charge is 0.481 e. The van der Waals surface area contributed by atoms with Crippen LogP contribution in [0.1, 0.15) is 19.4 Å². The van der Waals surface area contributed by atoms with Gasteiger partial charge in [-0.15, -0.1) is 0 Å². The summed E-state index contributed by atoms with van der Waals surface area (Å²) in [6.07, 6.45) is 3.55. The topological polar surface area (TPSA) is 55.1 Å². The van der Waals surface area contributed by atoms with Crippen LogP contribution in [0.25, 0.3) is 11.0 Å². The number of fused-ring (bicyclic) bond motifs is 1. The Balaban J connectivity index is 2.75.